The summed E-state index contributed by atoms with van der Waals surface area (Å²) in [7, 11) is 0. The lowest BCUT2D eigenvalue weighted by atomic mass is 9.96. The smallest absolute Gasteiger partial charge is 0.119 e. The van der Waals surface area contributed by atoms with Gasteiger partial charge in [0.15, 0.2) is 0 Å². The molecule has 5 rings (SSSR count). The van der Waals surface area contributed by atoms with Crippen LogP contribution in [-0.2, 0) is 6.42 Å². The zero-order chi connectivity index (χ0) is 18.4. The van der Waals surface area contributed by atoms with Crippen LogP contribution in [0.15, 0.2) is 54.7 Å². The molecule has 134 valence electrons. The van der Waals surface area contributed by atoms with E-state index in [4.69, 9.17) is 10.1 Å². The van der Waals surface area contributed by atoms with Gasteiger partial charge in [0.1, 0.15) is 5.69 Å². The van der Waals surface area contributed by atoms with Crippen molar-refractivity contribution in [1.29, 1.82) is 0 Å². The number of fused-ring (bicyclic) bond motifs is 2. The van der Waals surface area contributed by atoms with E-state index in [1.54, 1.807) is 0 Å². The van der Waals surface area contributed by atoms with Gasteiger partial charge in [-0.25, -0.2) is 0 Å². The molecule has 0 fully saturated rings. The summed E-state index contributed by atoms with van der Waals surface area (Å²) in [6.07, 6.45) is 3.67. The van der Waals surface area contributed by atoms with Crippen LogP contribution in [0.3, 0.4) is 0 Å². The van der Waals surface area contributed by atoms with Crippen LogP contribution in [-0.4, -0.2) is 31.5 Å². The summed E-state index contributed by atoms with van der Waals surface area (Å²) < 4.78 is 2.00. The molecule has 3 aromatic heterocycles. The van der Waals surface area contributed by atoms with E-state index in [0.717, 1.165) is 52.0 Å². The van der Waals surface area contributed by atoms with E-state index < -0.39 is 0 Å². The third kappa shape index (κ3) is 2.54. The molecule has 4 aromatic rings. The van der Waals surface area contributed by atoms with Crippen molar-refractivity contribution in [3.8, 4) is 22.5 Å². The monoisotopic (exact) mass is 356 g/mol. The number of aromatic nitrogens is 4. The summed E-state index contributed by atoms with van der Waals surface area (Å²) >= 11 is 0. The fraction of sp³-hybridized carbons (Fsp3) is 0.227. The van der Waals surface area contributed by atoms with Crippen molar-refractivity contribution in [2.24, 2.45) is 0 Å². The van der Waals surface area contributed by atoms with E-state index in [-0.39, 0.29) is 12.6 Å². The topological polar surface area (TPSA) is 63.8 Å². The van der Waals surface area contributed by atoms with Gasteiger partial charge in [-0.1, -0.05) is 24.3 Å². The van der Waals surface area contributed by atoms with Gasteiger partial charge in [-0.05, 0) is 49.6 Å². The molecule has 4 heterocycles. The van der Waals surface area contributed by atoms with Gasteiger partial charge in [0.05, 0.1) is 23.9 Å². The molecule has 27 heavy (non-hydrogen) atoms. The van der Waals surface area contributed by atoms with Gasteiger partial charge in [-0.3, -0.25) is 14.6 Å². The molecule has 1 atom stereocenters. The molecular weight excluding hydrogens is 336 g/mol. The minimum absolute atomic E-state index is 0.0328. The predicted molar refractivity (Wildman–Crippen MR) is 105 cm³/mol. The predicted octanol–water partition coefficient (Wildman–Crippen LogP) is 3.95. The van der Waals surface area contributed by atoms with Gasteiger partial charge >= 0.3 is 0 Å². The lowest BCUT2D eigenvalue weighted by Crippen LogP contribution is -2.09. The first kappa shape index (κ1) is 16.1. The highest BCUT2D eigenvalue weighted by Gasteiger charge is 2.30. The first-order chi connectivity index (χ1) is 13.3. The highest BCUT2D eigenvalue weighted by Crippen LogP contribution is 2.41. The first-order valence-electron chi connectivity index (χ1n) is 9.26. The maximum absolute atomic E-state index is 9.78. The van der Waals surface area contributed by atoms with Gasteiger partial charge < -0.3 is 5.11 Å². The van der Waals surface area contributed by atoms with Crippen molar-refractivity contribution >= 4 is 10.9 Å². The number of rotatable bonds is 3. The van der Waals surface area contributed by atoms with Gasteiger partial charge in [-0.15, -0.1) is 0 Å². The first-order valence-corrected chi connectivity index (χ1v) is 9.26. The summed E-state index contributed by atoms with van der Waals surface area (Å²) in [6, 6.07) is 16.3. The van der Waals surface area contributed by atoms with E-state index in [1.165, 1.54) is 5.69 Å². The number of pyridine rings is 2. The van der Waals surface area contributed by atoms with Crippen molar-refractivity contribution in [2.45, 2.75) is 25.8 Å². The van der Waals surface area contributed by atoms with Gasteiger partial charge in [0.2, 0.25) is 0 Å². The summed E-state index contributed by atoms with van der Waals surface area (Å²) in [6.45, 7) is 2.09. The Hall–Kier alpha value is -3.05. The Balaban J connectivity index is 1.83. The molecule has 0 saturated carbocycles. The maximum Gasteiger partial charge on any atom is 0.119 e. The lowest BCUT2D eigenvalue weighted by Gasteiger charge is -2.09. The van der Waals surface area contributed by atoms with E-state index >= 15 is 0 Å². The largest absolute Gasteiger partial charge is 0.394 e. The van der Waals surface area contributed by atoms with Crippen molar-refractivity contribution < 1.29 is 5.11 Å². The second kappa shape index (κ2) is 6.28. The average Bonchev–Trinajstić information content (AvgIpc) is 3.26. The minimum Gasteiger partial charge on any atom is -0.394 e. The van der Waals surface area contributed by atoms with E-state index in [1.807, 2.05) is 54.2 Å². The van der Waals surface area contributed by atoms with Gasteiger partial charge in [0, 0.05) is 28.5 Å². The maximum atomic E-state index is 9.78. The third-order valence-corrected chi connectivity index (χ3v) is 5.33. The molecule has 0 amide bonds. The molecule has 1 unspecified atom stereocenters. The molecule has 1 aliphatic heterocycles. The fourth-order valence-electron chi connectivity index (χ4n) is 4.06. The van der Waals surface area contributed by atoms with Crippen molar-refractivity contribution in [3.05, 3.63) is 66.1 Å². The Bertz CT molecular complexity index is 1140. The highest BCUT2D eigenvalue weighted by molar-refractivity contribution is 5.98. The fourth-order valence-corrected chi connectivity index (χ4v) is 4.06. The zero-order valence-corrected chi connectivity index (χ0v) is 15.1. The quantitative estimate of drug-likeness (QED) is 0.604. The summed E-state index contributed by atoms with van der Waals surface area (Å²) in [5, 5.41) is 15.8. The lowest BCUT2D eigenvalue weighted by molar-refractivity contribution is 0.224. The molecule has 1 N–H and O–H groups in total. The standard InChI is InChI=1S/C22H20N4O/c1-14-5-4-8-19(24-14)22-21(20-10-9-15(13-27)26(20)25-22)17-11-12-23-18-7-3-2-6-16(17)18/h2-8,11-12,15,27H,9-10,13H2,1H3. The van der Waals surface area contributed by atoms with Crippen LogP contribution in [0.1, 0.15) is 23.9 Å². The molecule has 5 heteroatoms. The second-order valence-electron chi connectivity index (χ2n) is 7.03. The van der Waals surface area contributed by atoms with Crippen LogP contribution in [0.4, 0.5) is 0 Å². The normalized spacial score (nSPS) is 16.0. The number of nitrogens with zero attached hydrogens (tertiary/aromatic N) is 4. The number of aliphatic hydroxyl groups is 1. The Kier molecular flexibility index (Phi) is 3.76. The Labute approximate surface area is 157 Å². The number of hydrogen-bond acceptors (Lipinski definition) is 4. The Morgan fingerprint density at radius 3 is 2.85 bits per heavy atom. The van der Waals surface area contributed by atoms with Gasteiger partial charge in [-0.2, -0.15) is 5.10 Å². The van der Waals surface area contributed by atoms with E-state index in [2.05, 4.69) is 17.1 Å². The Morgan fingerprint density at radius 1 is 1.11 bits per heavy atom. The van der Waals surface area contributed by atoms with Crippen molar-refractivity contribution in [2.75, 3.05) is 6.61 Å². The number of para-hydroxylation sites is 1. The molecule has 0 saturated heterocycles. The second-order valence-corrected chi connectivity index (χ2v) is 7.03. The number of benzene rings is 1. The number of hydrogen-bond donors (Lipinski definition) is 1. The van der Waals surface area contributed by atoms with E-state index in [0.29, 0.717) is 0 Å². The Morgan fingerprint density at radius 2 is 2.00 bits per heavy atom. The van der Waals surface area contributed by atoms with Crippen LogP contribution in [0.5, 0.6) is 0 Å². The van der Waals surface area contributed by atoms with Crippen LogP contribution in [0.2, 0.25) is 0 Å². The average molecular weight is 356 g/mol. The number of aryl methyl sites for hydroxylation is 1. The zero-order valence-electron chi connectivity index (χ0n) is 15.1. The number of aliphatic hydroxyl groups excluding tert-OH is 1. The molecule has 1 aliphatic rings. The molecular formula is C22H20N4O. The van der Waals surface area contributed by atoms with E-state index in [9.17, 15) is 5.11 Å². The SMILES string of the molecule is Cc1cccc(-c2nn3c(c2-c2ccnc4ccccc24)CCC3CO)n1. The third-order valence-electron chi connectivity index (χ3n) is 5.33. The molecule has 0 spiro atoms. The molecule has 1 aromatic carbocycles. The van der Waals surface area contributed by atoms with Crippen molar-refractivity contribution in [1.82, 2.24) is 19.7 Å². The minimum atomic E-state index is 0.0328. The van der Waals surface area contributed by atoms with Crippen LogP contribution >= 0.6 is 0 Å². The molecule has 0 aliphatic carbocycles. The van der Waals surface area contributed by atoms with Gasteiger partial charge in [0.25, 0.3) is 0 Å². The van der Waals surface area contributed by atoms with Crippen LogP contribution in [0, 0.1) is 6.92 Å². The molecule has 5 nitrogen and oxygen atoms in total. The van der Waals surface area contributed by atoms with Crippen molar-refractivity contribution in [3.63, 3.8) is 0 Å². The molecule has 0 bridgehead atoms. The van der Waals surface area contributed by atoms with Crippen LogP contribution < -0.4 is 0 Å². The summed E-state index contributed by atoms with van der Waals surface area (Å²) in [5.74, 6) is 0. The molecule has 0 radical (unpaired) electrons. The van der Waals surface area contributed by atoms with Crippen LogP contribution in [0.25, 0.3) is 33.4 Å². The summed E-state index contributed by atoms with van der Waals surface area (Å²) in [4.78, 5) is 9.23. The summed E-state index contributed by atoms with van der Waals surface area (Å²) in [5.41, 5.74) is 7.08. The highest BCUT2D eigenvalue weighted by atomic mass is 16.3.